The molecule has 2 heterocycles. The number of carbonyl (C=O) groups is 1. The van der Waals surface area contributed by atoms with Crippen molar-refractivity contribution in [3.63, 3.8) is 0 Å². The minimum atomic E-state index is -0.0551. The van der Waals surface area contributed by atoms with Gasteiger partial charge in [-0.2, -0.15) is 4.98 Å². The Hall–Kier alpha value is -2.42. The number of benzene rings is 2. The van der Waals surface area contributed by atoms with Crippen LogP contribution in [0.25, 0.3) is 11.4 Å². The van der Waals surface area contributed by atoms with E-state index in [0.717, 1.165) is 28.9 Å². The second kappa shape index (κ2) is 9.16. The van der Waals surface area contributed by atoms with Gasteiger partial charge in [0.2, 0.25) is 11.7 Å². The summed E-state index contributed by atoms with van der Waals surface area (Å²) in [5.41, 5.74) is 1.38. The molecule has 7 nitrogen and oxygen atoms in total. The summed E-state index contributed by atoms with van der Waals surface area (Å²) in [6, 6.07) is 12.8. The predicted molar refractivity (Wildman–Crippen MR) is 117 cm³/mol. The molecule has 1 amide bonds. The smallest absolute Gasteiger partial charge is 0.255 e. The van der Waals surface area contributed by atoms with Gasteiger partial charge >= 0.3 is 0 Å². The molecule has 1 fully saturated rings. The van der Waals surface area contributed by atoms with Crippen LogP contribution in [-0.4, -0.2) is 59.1 Å². The van der Waals surface area contributed by atoms with Crippen LogP contribution in [0.3, 0.4) is 0 Å². The van der Waals surface area contributed by atoms with Crippen molar-refractivity contribution in [3.8, 4) is 17.1 Å². The number of piperazine rings is 1. The lowest BCUT2D eigenvalue weighted by atomic mass is 10.2. The Labute approximate surface area is 187 Å². The topological polar surface area (TPSA) is 71.7 Å². The van der Waals surface area contributed by atoms with Gasteiger partial charge in [-0.1, -0.05) is 32.7 Å². The van der Waals surface area contributed by atoms with E-state index >= 15 is 0 Å². The molecule has 156 valence electrons. The summed E-state index contributed by atoms with van der Waals surface area (Å²) in [5, 5.41) is 4.53. The predicted octanol–water partition coefficient (Wildman–Crippen LogP) is 4.12. The Morgan fingerprint density at radius 2 is 1.90 bits per heavy atom. The molecule has 0 bridgehead atoms. The van der Waals surface area contributed by atoms with Gasteiger partial charge in [0, 0.05) is 36.2 Å². The van der Waals surface area contributed by atoms with Gasteiger partial charge < -0.3 is 14.2 Å². The number of nitrogens with zero attached hydrogens (tertiary/aromatic N) is 4. The van der Waals surface area contributed by atoms with Gasteiger partial charge in [0.25, 0.3) is 5.91 Å². The third-order valence-electron chi connectivity index (χ3n) is 4.99. The fraction of sp³-hybridized carbons (Fsp3) is 0.286. The molecule has 0 spiro atoms. The molecule has 1 aromatic heterocycles. The monoisotopic (exact) mass is 490 g/mol. The van der Waals surface area contributed by atoms with E-state index < -0.39 is 0 Å². The zero-order valence-electron chi connectivity index (χ0n) is 16.3. The number of methoxy groups -OCH3 is 1. The van der Waals surface area contributed by atoms with Crippen LogP contribution in [-0.2, 0) is 6.54 Å². The Morgan fingerprint density at radius 3 is 2.60 bits per heavy atom. The summed E-state index contributed by atoms with van der Waals surface area (Å²) >= 11 is 9.60. The van der Waals surface area contributed by atoms with Crippen LogP contribution in [0, 0.1) is 0 Å². The van der Waals surface area contributed by atoms with Crippen molar-refractivity contribution < 1.29 is 14.1 Å². The highest BCUT2D eigenvalue weighted by atomic mass is 79.9. The van der Waals surface area contributed by atoms with E-state index in [1.54, 1.807) is 19.2 Å². The first-order valence-electron chi connectivity index (χ1n) is 9.47. The van der Waals surface area contributed by atoms with Crippen molar-refractivity contribution in [2.45, 2.75) is 6.54 Å². The molecule has 0 N–H and O–H groups in total. The lowest BCUT2D eigenvalue weighted by molar-refractivity contribution is 0.0615. The number of halogens is 2. The largest absolute Gasteiger partial charge is 0.497 e. The van der Waals surface area contributed by atoms with Crippen molar-refractivity contribution >= 4 is 33.4 Å². The first kappa shape index (κ1) is 20.8. The molecule has 0 saturated carbocycles. The molecule has 0 atom stereocenters. The molecule has 3 aromatic rings. The third-order valence-corrected chi connectivity index (χ3v) is 5.82. The van der Waals surface area contributed by atoms with Gasteiger partial charge in [0.05, 0.1) is 24.2 Å². The lowest BCUT2D eigenvalue weighted by Crippen LogP contribution is -2.48. The fourth-order valence-corrected chi connectivity index (χ4v) is 3.87. The highest BCUT2D eigenvalue weighted by molar-refractivity contribution is 9.10. The van der Waals surface area contributed by atoms with Crippen LogP contribution in [0.1, 0.15) is 16.2 Å². The minimum absolute atomic E-state index is 0.0551. The van der Waals surface area contributed by atoms with Crippen LogP contribution >= 0.6 is 27.5 Å². The van der Waals surface area contributed by atoms with Crippen LogP contribution in [0.2, 0.25) is 5.02 Å². The maximum absolute atomic E-state index is 12.8. The zero-order chi connectivity index (χ0) is 21.1. The zero-order valence-corrected chi connectivity index (χ0v) is 18.7. The minimum Gasteiger partial charge on any atom is -0.497 e. The van der Waals surface area contributed by atoms with Gasteiger partial charge in [0.1, 0.15) is 5.75 Å². The molecule has 9 heteroatoms. The molecule has 2 aromatic carbocycles. The maximum Gasteiger partial charge on any atom is 0.255 e. The lowest BCUT2D eigenvalue weighted by Gasteiger charge is -2.34. The molecule has 0 radical (unpaired) electrons. The van der Waals surface area contributed by atoms with Gasteiger partial charge in [-0.25, -0.2) is 0 Å². The summed E-state index contributed by atoms with van der Waals surface area (Å²) in [4.78, 5) is 21.3. The third kappa shape index (κ3) is 4.66. The van der Waals surface area contributed by atoms with Crippen molar-refractivity contribution in [3.05, 3.63) is 63.4 Å². The normalized spacial score (nSPS) is 14.7. The summed E-state index contributed by atoms with van der Waals surface area (Å²) < 4.78 is 11.4. The number of ether oxygens (including phenoxy) is 1. The number of amides is 1. The van der Waals surface area contributed by atoms with E-state index in [1.807, 2.05) is 35.2 Å². The van der Waals surface area contributed by atoms with Crippen LogP contribution < -0.4 is 4.74 Å². The van der Waals surface area contributed by atoms with Gasteiger partial charge in [-0.05, 0) is 42.5 Å². The Balaban J connectivity index is 1.34. The molecule has 30 heavy (non-hydrogen) atoms. The van der Waals surface area contributed by atoms with Gasteiger partial charge in [0.15, 0.2) is 0 Å². The summed E-state index contributed by atoms with van der Waals surface area (Å²) in [7, 11) is 1.63. The molecule has 1 aliphatic rings. The summed E-state index contributed by atoms with van der Waals surface area (Å²) in [6.45, 7) is 3.21. The second-order valence-electron chi connectivity index (χ2n) is 6.93. The van der Waals surface area contributed by atoms with Crippen LogP contribution in [0.4, 0.5) is 0 Å². The molecule has 1 aliphatic heterocycles. The number of aromatic nitrogens is 2. The van der Waals surface area contributed by atoms with E-state index in [0.29, 0.717) is 41.9 Å². The quantitative estimate of drug-likeness (QED) is 0.535. The molecular formula is C21H20BrClN4O3. The average molecular weight is 492 g/mol. The Morgan fingerprint density at radius 1 is 1.17 bits per heavy atom. The fourth-order valence-electron chi connectivity index (χ4n) is 3.31. The number of rotatable bonds is 5. The number of carbonyl (C=O) groups excluding carboxylic acids is 1. The van der Waals surface area contributed by atoms with E-state index in [-0.39, 0.29) is 5.91 Å². The maximum atomic E-state index is 12.8. The molecule has 4 rings (SSSR count). The molecule has 1 saturated heterocycles. The van der Waals surface area contributed by atoms with Crippen LogP contribution in [0.5, 0.6) is 5.75 Å². The highest BCUT2D eigenvalue weighted by Crippen LogP contribution is 2.24. The van der Waals surface area contributed by atoms with Crippen molar-refractivity contribution in [2.24, 2.45) is 0 Å². The van der Waals surface area contributed by atoms with E-state index in [4.69, 9.17) is 20.9 Å². The molecular weight excluding hydrogens is 472 g/mol. The standard InChI is InChI=1S/C21H20BrClN4O3/c1-29-16-5-2-14(3-6-16)20-24-19(30-25-20)13-26-8-10-27(11-9-26)21(28)17-12-15(22)4-7-18(17)23/h2-7,12H,8-11,13H2,1H3. The van der Waals surface area contributed by atoms with Crippen molar-refractivity contribution in [1.29, 1.82) is 0 Å². The first-order valence-corrected chi connectivity index (χ1v) is 10.6. The van der Waals surface area contributed by atoms with E-state index in [1.165, 1.54) is 0 Å². The molecule has 0 unspecified atom stereocenters. The highest BCUT2D eigenvalue weighted by Gasteiger charge is 2.25. The Kier molecular flexibility index (Phi) is 6.36. The summed E-state index contributed by atoms with van der Waals surface area (Å²) in [6.07, 6.45) is 0. The van der Waals surface area contributed by atoms with Crippen LogP contribution in [0.15, 0.2) is 51.5 Å². The van der Waals surface area contributed by atoms with Crippen molar-refractivity contribution in [1.82, 2.24) is 19.9 Å². The van der Waals surface area contributed by atoms with Gasteiger partial charge in [-0.15, -0.1) is 0 Å². The number of hydrogen-bond donors (Lipinski definition) is 0. The number of hydrogen-bond acceptors (Lipinski definition) is 6. The second-order valence-corrected chi connectivity index (χ2v) is 8.26. The van der Waals surface area contributed by atoms with Crippen molar-refractivity contribution in [2.75, 3.05) is 33.3 Å². The SMILES string of the molecule is COc1ccc(-c2noc(CN3CCN(C(=O)c4cc(Br)ccc4Cl)CC3)n2)cc1. The first-order chi connectivity index (χ1) is 14.5. The Bertz CT molecular complexity index is 1030. The average Bonchev–Trinajstić information content (AvgIpc) is 3.24. The van der Waals surface area contributed by atoms with E-state index in [2.05, 4.69) is 31.0 Å². The summed E-state index contributed by atoms with van der Waals surface area (Å²) in [5.74, 6) is 1.82. The van der Waals surface area contributed by atoms with Gasteiger partial charge in [-0.3, -0.25) is 9.69 Å². The molecule has 0 aliphatic carbocycles. The van der Waals surface area contributed by atoms with E-state index in [9.17, 15) is 4.79 Å².